The van der Waals surface area contributed by atoms with Gasteiger partial charge in [-0.3, -0.25) is 0 Å². The highest BCUT2D eigenvalue weighted by atomic mass is 32.2. The Hall–Kier alpha value is -1.47. The van der Waals surface area contributed by atoms with Gasteiger partial charge < -0.3 is 8.92 Å². The van der Waals surface area contributed by atoms with E-state index < -0.39 is 16.1 Å². The number of rotatable bonds is 5. The van der Waals surface area contributed by atoms with Crippen molar-refractivity contribution in [3.05, 3.63) is 41.2 Å². The van der Waals surface area contributed by atoms with Gasteiger partial charge in [-0.05, 0) is 26.0 Å². The Morgan fingerprint density at radius 1 is 1.24 bits per heavy atom. The molecule has 0 bridgehead atoms. The van der Waals surface area contributed by atoms with Crippen molar-refractivity contribution < 1.29 is 22.1 Å². The van der Waals surface area contributed by atoms with E-state index in [9.17, 15) is 13.2 Å². The Bertz CT molecular complexity index is 659. The fourth-order valence-corrected chi connectivity index (χ4v) is 3.83. The van der Waals surface area contributed by atoms with E-state index in [0.717, 1.165) is 5.56 Å². The molecule has 0 atom stereocenters. The standard InChI is InChI=1S/C14H16O5S2/c1-3-18-14(15)12-8-20-9-13(12)19-21(16,17)11-6-4-10(2)5-7-11/h4-7H,3,8-9H2,1-2H3. The molecule has 21 heavy (non-hydrogen) atoms. The summed E-state index contributed by atoms with van der Waals surface area (Å²) in [6.07, 6.45) is 0. The number of carbonyl (C=O) groups is 1. The van der Waals surface area contributed by atoms with Crippen molar-refractivity contribution in [2.45, 2.75) is 18.7 Å². The summed E-state index contributed by atoms with van der Waals surface area (Å²) in [5, 5.41) is 0. The van der Waals surface area contributed by atoms with Gasteiger partial charge in [-0.1, -0.05) is 17.7 Å². The van der Waals surface area contributed by atoms with Crippen molar-refractivity contribution in [3.63, 3.8) is 0 Å². The second-order valence-electron chi connectivity index (χ2n) is 4.47. The quantitative estimate of drug-likeness (QED) is 0.610. The number of aryl methyl sites for hydroxylation is 1. The van der Waals surface area contributed by atoms with Crippen molar-refractivity contribution in [2.24, 2.45) is 0 Å². The van der Waals surface area contributed by atoms with E-state index in [4.69, 9.17) is 8.92 Å². The van der Waals surface area contributed by atoms with Gasteiger partial charge in [0.2, 0.25) is 0 Å². The summed E-state index contributed by atoms with van der Waals surface area (Å²) in [7, 11) is -3.92. The fraction of sp³-hybridized carbons (Fsp3) is 0.357. The topological polar surface area (TPSA) is 69.7 Å². The van der Waals surface area contributed by atoms with Crippen LogP contribution in [-0.4, -0.2) is 32.5 Å². The lowest BCUT2D eigenvalue weighted by atomic mass is 10.2. The molecule has 1 aromatic carbocycles. The molecule has 114 valence electrons. The number of ether oxygens (including phenoxy) is 1. The molecule has 1 aliphatic rings. The third-order valence-corrected chi connectivity index (χ3v) is 5.09. The molecule has 0 amide bonds. The normalized spacial score (nSPS) is 15.1. The lowest BCUT2D eigenvalue weighted by Gasteiger charge is -2.09. The molecule has 0 unspecified atom stereocenters. The zero-order valence-corrected chi connectivity index (χ0v) is 13.4. The van der Waals surface area contributed by atoms with E-state index in [1.165, 1.54) is 23.9 Å². The van der Waals surface area contributed by atoms with Crippen LogP contribution in [0.15, 0.2) is 40.5 Å². The molecule has 2 rings (SSSR count). The maximum atomic E-state index is 12.2. The van der Waals surface area contributed by atoms with Crippen LogP contribution in [0.2, 0.25) is 0 Å². The minimum atomic E-state index is -3.92. The highest BCUT2D eigenvalue weighted by Gasteiger charge is 2.28. The Balaban J connectivity index is 2.25. The molecule has 0 saturated carbocycles. The first-order chi connectivity index (χ1) is 9.94. The average Bonchev–Trinajstić information content (AvgIpc) is 2.87. The third-order valence-electron chi connectivity index (χ3n) is 2.86. The zero-order chi connectivity index (χ0) is 15.5. The first-order valence-corrected chi connectivity index (χ1v) is 8.98. The van der Waals surface area contributed by atoms with Gasteiger partial charge in [0.25, 0.3) is 0 Å². The molecular formula is C14H16O5S2. The minimum absolute atomic E-state index is 0.0701. The predicted molar refractivity (Wildman–Crippen MR) is 80.4 cm³/mol. The minimum Gasteiger partial charge on any atom is -0.463 e. The molecule has 0 aromatic heterocycles. The lowest BCUT2D eigenvalue weighted by Crippen LogP contribution is -2.13. The lowest BCUT2D eigenvalue weighted by molar-refractivity contribution is -0.138. The van der Waals surface area contributed by atoms with Crippen LogP contribution in [0.3, 0.4) is 0 Å². The molecule has 0 fully saturated rings. The highest BCUT2D eigenvalue weighted by molar-refractivity contribution is 8.00. The van der Waals surface area contributed by atoms with Crippen molar-refractivity contribution in [1.82, 2.24) is 0 Å². The fourth-order valence-electron chi connectivity index (χ4n) is 1.76. The van der Waals surface area contributed by atoms with E-state index in [0.29, 0.717) is 11.5 Å². The molecule has 0 saturated heterocycles. The maximum Gasteiger partial charge on any atom is 0.338 e. The van der Waals surface area contributed by atoms with Gasteiger partial charge in [0.1, 0.15) is 10.7 Å². The van der Waals surface area contributed by atoms with Crippen molar-refractivity contribution >= 4 is 27.8 Å². The van der Waals surface area contributed by atoms with E-state index in [1.54, 1.807) is 19.1 Å². The second kappa shape index (κ2) is 6.53. The molecule has 1 heterocycles. The van der Waals surface area contributed by atoms with Crippen molar-refractivity contribution in [1.29, 1.82) is 0 Å². The summed E-state index contributed by atoms with van der Waals surface area (Å²) < 4.78 is 34.5. The molecule has 7 heteroatoms. The first kappa shape index (κ1) is 15.9. The van der Waals surface area contributed by atoms with Gasteiger partial charge in [-0.2, -0.15) is 8.42 Å². The second-order valence-corrected chi connectivity index (χ2v) is 7.00. The van der Waals surface area contributed by atoms with Crippen LogP contribution in [0.25, 0.3) is 0 Å². The van der Waals surface area contributed by atoms with Crippen LogP contribution in [0.5, 0.6) is 0 Å². The molecule has 1 aromatic rings. The van der Waals surface area contributed by atoms with E-state index in [1.807, 2.05) is 6.92 Å². The Morgan fingerprint density at radius 3 is 2.52 bits per heavy atom. The molecule has 0 radical (unpaired) electrons. The van der Waals surface area contributed by atoms with Crippen LogP contribution in [0.1, 0.15) is 12.5 Å². The molecule has 1 aliphatic heterocycles. The number of carbonyl (C=O) groups excluding carboxylic acids is 1. The van der Waals surface area contributed by atoms with Crippen LogP contribution in [0.4, 0.5) is 0 Å². The number of thioether (sulfide) groups is 1. The number of hydrogen-bond donors (Lipinski definition) is 0. The maximum absolute atomic E-state index is 12.2. The summed E-state index contributed by atoms with van der Waals surface area (Å²) in [5.74, 6) is 0.396. The average molecular weight is 328 g/mol. The number of hydrogen-bond acceptors (Lipinski definition) is 6. The number of benzene rings is 1. The largest absolute Gasteiger partial charge is 0.463 e. The van der Waals surface area contributed by atoms with Gasteiger partial charge in [0, 0.05) is 5.75 Å². The predicted octanol–water partition coefficient (Wildman–Crippen LogP) is 2.26. The Morgan fingerprint density at radius 2 is 1.90 bits per heavy atom. The van der Waals surface area contributed by atoms with Gasteiger partial charge in [0.05, 0.1) is 17.9 Å². The van der Waals surface area contributed by atoms with Gasteiger partial charge in [-0.15, -0.1) is 11.8 Å². The van der Waals surface area contributed by atoms with E-state index in [-0.39, 0.29) is 22.8 Å². The van der Waals surface area contributed by atoms with Gasteiger partial charge in [0.15, 0.2) is 0 Å². The van der Waals surface area contributed by atoms with Gasteiger partial charge >= 0.3 is 16.1 Å². The van der Waals surface area contributed by atoms with Crippen LogP contribution >= 0.6 is 11.8 Å². The third kappa shape index (κ3) is 3.79. The van der Waals surface area contributed by atoms with Crippen molar-refractivity contribution in [3.8, 4) is 0 Å². The summed E-state index contributed by atoms with van der Waals surface area (Å²) >= 11 is 1.42. The molecule has 0 spiro atoms. The number of esters is 1. The first-order valence-electron chi connectivity index (χ1n) is 6.42. The molecule has 5 nitrogen and oxygen atoms in total. The van der Waals surface area contributed by atoms with Crippen LogP contribution in [0, 0.1) is 6.92 Å². The summed E-state index contributed by atoms with van der Waals surface area (Å²) in [6.45, 7) is 3.81. The summed E-state index contributed by atoms with van der Waals surface area (Å²) in [4.78, 5) is 11.8. The van der Waals surface area contributed by atoms with Crippen LogP contribution < -0.4 is 0 Å². The van der Waals surface area contributed by atoms with Gasteiger partial charge in [-0.25, -0.2) is 4.79 Å². The molecule has 0 N–H and O–H groups in total. The summed E-state index contributed by atoms with van der Waals surface area (Å²) in [6, 6.07) is 6.36. The Labute approximate surface area is 128 Å². The zero-order valence-electron chi connectivity index (χ0n) is 11.8. The van der Waals surface area contributed by atoms with Crippen LogP contribution in [-0.2, 0) is 23.8 Å². The van der Waals surface area contributed by atoms with Crippen molar-refractivity contribution in [2.75, 3.05) is 18.1 Å². The molecule has 0 aliphatic carbocycles. The van der Waals surface area contributed by atoms with E-state index in [2.05, 4.69) is 0 Å². The monoisotopic (exact) mass is 328 g/mol. The smallest absolute Gasteiger partial charge is 0.338 e. The molecular weight excluding hydrogens is 312 g/mol. The SMILES string of the molecule is CCOC(=O)C1=C(OS(=O)(=O)c2ccc(C)cc2)CSC1. The highest BCUT2D eigenvalue weighted by Crippen LogP contribution is 2.29. The van der Waals surface area contributed by atoms with E-state index >= 15 is 0 Å². The Kier molecular flexibility index (Phi) is 4.95. The summed E-state index contributed by atoms with van der Waals surface area (Å²) in [5.41, 5.74) is 1.24.